The second-order valence-corrected chi connectivity index (χ2v) is 4.68. The summed E-state index contributed by atoms with van der Waals surface area (Å²) in [6.07, 6.45) is 2.50. The number of hydrogen-bond acceptors (Lipinski definition) is 2. The zero-order chi connectivity index (χ0) is 11.1. The molecule has 2 rings (SSSR count). The summed E-state index contributed by atoms with van der Waals surface area (Å²) >= 11 is 0. The van der Waals surface area contributed by atoms with Gasteiger partial charge in [-0.3, -0.25) is 9.78 Å². The molecule has 2 heterocycles. The molecule has 80 valence electrons. The van der Waals surface area contributed by atoms with E-state index in [1.807, 2.05) is 0 Å². The summed E-state index contributed by atoms with van der Waals surface area (Å²) in [5.41, 5.74) is 0.277. The van der Waals surface area contributed by atoms with E-state index in [1.54, 1.807) is 4.90 Å². The Morgan fingerprint density at radius 2 is 2.20 bits per heavy atom. The van der Waals surface area contributed by atoms with Crippen molar-refractivity contribution in [2.24, 2.45) is 5.41 Å². The Morgan fingerprint density at radius 3 is 2.73 bits per heavy atom. The minimum absolute atomic E-state index is 0.112. The zero-order valence-corrected chi connectivity index (χ0v) is 8.83. The Kier molecular flexibility index (Phi) is 2.21. The highest BCUT2D eigenvalue weighted by Crippen LogP contribution is 2.30. The van der Waals surface area contributed by atoms with Crippen molar-refractivity contribution in [1.29, 1.82) is 0 Å². The minimum Gasteiger partial charge on any atom is -0.337 e. The number of nitrogens with zero attached hydrogens (tertiary/aromatic N) is 2. The summed E-state index contributed by atoms with van der Waals surface area (Å²) in [6, 6.07) is 1.42. The number of carbonyl (C=O) groups is 1. The SMILES string of the molecule is CC1(C)CN(C(=O)c2ccncc2F)C1. The topological polar surface area (TPSA) is 33.2 Å². The largest absolute Gasteiger partial charge is 0.337 e. The molecular weight excluding hydrogens is 195 g/mol. The number of hydrogen-bond donors (Lipinski definition) is 0. The van der Waals surface area contributed by atoms with E-state index in [0.29, 0.717) is 13.1 Å². The lowest BCUT2D eigenvalue weighted by Gasteiger charge is -2.45. The quantitative estimate of drug-likeness (QED) is 0.703. The summed E-state index contributed by atoms with van der Waals surface area (Å²) in [6.45, 7) is 5.54. The molecule has 1 aromatic rings. The first-order valence-electron chi connectivity index (χ1n) is 4.88. The van der Waals surface area contributed by atoms with E-state index in [4.69, 9.17) is 0 Å². The predicted molar refractivity (Wildman–Crippen MR) is 53.9 cm³/mol. The van der Waals surface area contributed by atoms with Gasteiger partial charge in [-0.05, 0) is 11.5 Å². The number of aromatic nitrogens is 1. The fraction of sp³-hybridized carbons (Fsp3) is 0.455. The summed E-state index contributed by atoms with van der Waals surface area (Å²) in [5, 5.41) is 0. The molecule has 0 saturated carbocycles. The van der Waals surface area contributed by atoms with Crippen molar-refractivity contribution in [3.8, 4) is 0 Å². The lowest BCUT2D eigenvalue weighted by Crippen LogP contribution is -2.55. The molecule has 1 fully saturated rings. The second-order valence-electron chi connectivity index (χ2n) is 4.68. The molecule has 0 bridgehead atoms. The maximum Gasteiger partial charge on any atom is 0.256 e. The minimum atomic E-state index is -0.549. The van der Waals surface area contributed by atoms with Crippen LogP contribution in [0.2, 0.25) is 0 Å². The van der Waals surface area contributed by atoms with Crippen molar-refractivity contribution < 1.29 is 9.18 Å². The summed E-state index contributed by atoms with van der Waals surface area (Å²) < 4.78 is 13.2. The van der Waals surface area contributed by atoms with Crippen molar-refractivity contribution in [1.82, 2.24) is 9.88 Å². The first-order valence-corrected chi connectivity index (χ1v) is 4.88. The van der Waals surface area contributed by atoms with Gasteiger partial charge in [-0.25, -0.2) is 4.39 Å². The van der Waals surface area contributed by atoms with E-state index >= 15 is 0 Å². The molecule has 0 radical (unpaired) electrons. The molecule has 4 heteroatoms. The van der Waals surface area contributed by atoms with Crippen LogP contribution in [0.3, 0.4) is 0 Å². The first-order chi connectivity index (χ1) is 6.99. The average molecular weight is 208 g/mol. The van der Waals surface area contributed by atoms with Crippen molar-refractivity contribution >= 4 is 5.91 Å². The van der Waals surface area contributed by atoms with Crippen molar-refractivity contribution in [2.45, 2.75) is 13.8 Å². The van der Waals surface area contributed by atoms with Gasteiger partial charge >= 0.3 is 0 Å². The highest BCUT2D eigenvalue weighted by molar-refractivity contribution is 5.94. The molecule has 3 nitrogen and oxygen atoms in total. The van der Waals surface area contributed by atoms with Crippen LogP contribution in [-0.4, -0.2) is 28.9 Å². The van der Waals surface area contributed by atoms with E-state index in [0.717, 1.165) is 6.20 Å². The highest BCUT2D eigenvalue weighted by atomic mass is 19.1. The molecule has 1 aliphatic heterocycles. The fourth-order valence-corrected chi connectivity index (χ4v) is 1.85. The van der Waals surface area contributed by atoms with Crippen LogP contribution in [0.4, 0.5) is 4.39 Å². The maximum atomic E-state index is 13.2. The molecule has 0 atom stereocenters. The Labute approximate surface area is 87.9 Å². The molecule has 0 N–H and O–H groups in total. The van der Waals surface area contributed by atoms with E-state index < -0.39 is 5.82 Å². The molecule has 1 aromatic heterocycles. The van der Waals surface area contributed by atoms with Crippen molar-refractivity contribution in [3.63, 3.8) is 0 Å². The molecule has 1 amide bonds. The number of carbonyl (C=O) groups excluding carboxylic acids is 1. The second kappa shape index (κ2) is 3.29. The van der Waals surface area contributed by atoms with E-state index in [9.17, 15) is 9.18 Å². The maximum absolute atomic E-state index is 13.2. The summed E-state index contributed by atoms with van der Waals surface area (Å²) in [4.78, 5) is 17.1. The summed E-state index contributed by atoms with van der Waals surface area (Å²) in [7, 11) is 0. The van der Waals surface area contributed by atoms with Crippen LogP contribution in [0, 0.1) is 11.2 Å². The number of amides is 1. The fourth-order valence-electron chi connectivity index (χ4n) is 1.85. The third-order valence-electron chi connectivity index (χ3n) is 2.53. The molecule has 0 aromatic carbocycles. The molecule has 0 aliphatic carbocycles. The van der Waals surface area contributed by atoms with Gasteiger partial charge in [0.2, 0.25) is 0 Å². The van der Waals surface area contributed by atoms with Gasteiger partial charge in [-0.15, -0.1) is 0 Å². The number of pyridine rings is 1. The third-order valence-corrected chi connectivity index (χ3v) is 2.53. The van der Waals surface area contributed by atoms with Gasteiger partial charge in [0.1, 0.15) is 0 Å². The Hall–Kier alpha value is -1.45. The molecule has 15 heavy (non-hydrogen) atoms. The number of halogens is 1. The van der Waals surface area contributed by atoms with Gasteiger partial charge < -0.3 is 4.90 Å². The van der Waals surface area contributed by atoms with Gasteiger partial charge in [0, 0.05) is 19.3 Å². The number of likely N-dealkylation sites (tertiary alicyclic amines) is 1. The lowest BCUT2D eigenvalue weighted by atomic mass is 9.84. The van der Waals surface area contributed by atoms with Crippen LogP contribution in [0.1, 0.15) is 24.2 Å². The Balaban J connectivity index is 2.14. The van der Waals surface area contributed by atoms with Gasteiger partial charge in [0.25, 0.3) is 5.91 Å². The van der Waals surface area contributed by atoms with Gasteiger partial charge in [0.05, 0.1) is 11.8 Å². The smallest absolute Gasteiger partial charge is 0.256 e. The number of rotatable bonds is 1. The van der Waals surface area contributed by atoms with Gasteiger partial charge in [0.15, 0.2) is 5.82 Å². The van der Waals surface area contributed by atoms with E-state index in [2.05, 4.69) is 18.8 Å². The van der Waals surface area contributed by atoms with Crippen LogP contribution in [0.5, 0.6) is 0 Å². The predicted octanol–water partition coefficient (Wildman–Crippen LogP) is 1.70. The standard InChI is InChI=1S/C11H13FN2O/c1-11(2)6-14(7-11)10(15)8-3-4-13-5-9(8)12/h3-5H,6-7H2,1-2H3. The van der Waals surface area contributed by atoms with Gasteiger partial charge in [-0.1, -0.05) is 13.8 Å². The Bertz CT molecular complexity index is 395. The van der Waals surface area contributed by atoms with Crippen molar-refractivity contribution in [2.75, 3.05) is 13.1 Å². The van der Waals surface area contributed by atoms with Crippen LogP contribution >= 0.6 is 0 Å². The molecular formula is C11H13FN2O. The van der Waals surface area contributed by atoms with Crippen molar-refractivity contribution in [3.05, 3.63) is 29.8 Å². The van der Waals surface area contributed by atoms with Crippen LogP contribution < -0.4 is 0 Å². The van der Waals surface area contributed by atoms with Gasteiger partial charge in [-0.2, -0.15) is 0 Å². The van der Waals surface area contributed by atoms with E-state index in [1.165, 1.54) is 12.3 Å². The van der Waals surface area contributed by atoms with E-state index in [-0.39, 0.29) is 16.9 Å². The third kappa shape index (κ3) is 1.84. The molecule has 0 spiro atoms. The lowest BCUT2D eigenvalue weighted by molar-refractivity contribution is 0.0232. The highest BCUT2D eigenvalue weighted by Gasteiger charge is 2.38. The van der Waals surface area contributed by atoms with Crippen LogP contribution in [-0.2, 0) is 0 Å². The monoisotopic (exact) mass is 208 g/mol. The average Bonchev–Trinajstić information content (AvgIpc) is 2.14. The Morgan fingerprint density at radius 1 is 1.53 bits per heavy atom. The molecule has 1 saturated heterocycles. The molecule has 0 unspecified atom stereocenters. The summed E-state index contributed by atoms with van der Waals surface area (Å²) in [5.74, 6) is -0.790. The molecule has 1 aliphatic rings. The van der Waals surface area contributed by atoms with Crippen LogP contribution in [0.15, 0.2) is 18.5 Å². The normalized spacial score (nSPS) is 18.5. The first kappa shape index (κ1) is 10.1. The van der Waals surface area contributed by atoms with Crippen LogP contribution in [0.25, 0.3) is 0 Å². The zero-order valence-electron chi connectivity index (χ0n) is 8.83.